The van der Waals surface area contributed by atoms with Crippen LogP contribution >= 0.6 is 0 Å². The van der Waals surface area contributed by atoms with E-state index in [1.807, 2.05) is 0 Å². The van der Waals surface area contributed by atoms with Crippen LogP contribution in [0.3, 0.4) is 0 Å². The topological polar surface area (TPSA) is 0 Å². The average molecular weight is 172 g/mol. The van der Waals surface area contributed by atoms with Crippen molar-refractivity contribution in [1.82, 2.24) is 0 Å². The molecule has 0 aliphatic carbocycles. The van der Waals surface area contributed by atoms with Crippen molar-refractivity contribution in [3.63, 3.8) is 0 Å². The van der Waals surface area contributed by atoms with Crippen molar-refractivity contribution < 1.29 is 1.43 Å². The second-order valence-electron chi connectivity index (χ2n) is 3.47. The van der Waals surface area contributed by atoms with E-state index < -0.39 is 0 Å². The van der Waals surface area contributed by atoms with Crippen LogP contribution in [0.1, 0.15) is 53.8 Å². The summed E-state index contributed by atoms with van der Waals surface area (Å²) in [5.74, 6) is 0. The first-order chi connectivity index (χ1) is 5.41. The lowest BCUT2D eigenvalue weighted by Gasteiger charge is -1.96. The third kappa shape index (κ3) is 10.5. The van der Waals surface area contributed by atoms with Gasteiger partial charge in [-0.3, -0.25) is 0 Å². The predicted molar refractivity (Wildman–Crippen MR) is 57.9 cm³/mol. The van der Waals surface area contributed by atoms with Crippen LogP contribution in [0.5, 0.6) is 0 Å². The number of unbranched alkanes of at least 4 members (excludes halogenated alkanes) is 4. The van der Waals surface area contributed by atoms with Crippen LogP contribution in [0.4, 0.5) is 0 Å². The lowest BCUT2D eigenvalue weighted by Crippen LogP contribution is -1.88. The zero-order valence-corrected chi connectivity index (χ0v) is 9.78. The molecule has 0 spiro atoms. The summed E-state index contributed by atoms with van der Waals surface area (Å²) in [6.45, 7) is 4.58. The Hall–Kier alpha value is 0.532. The molecule has 0 aliphatic heterocycles. The molecule has 0 atom stereocenters. The van der Waals surface area contributed by atoms with Crippen molar-refractivity contribution in [2.45, 2.75) is 62.9 Å². The molecule has 0 aromatic carbocycles. The zero-order valence-electron chi connectivity index (χ0n) is 8.36. The Morgan fingerprint density at radius 1 is 0.818 bits per heavy atom. The van der Waals surface area contributed by atoms with Crippen LogP contribution in [0.15, 0.2) is 0 Å². The molecule has 0 saturated heterocycles. The van der Waals surface area contributed by atoms with Crippen molar-refractivity contribution in [3.8, 4) is 0 Å². The Bertz CT molecular complexity index is 58.9. The van der Waals surface area contributed by atoms with Gasteiger partial charge in [0.2, 0.25) is 15.2 Å². The highest BCUT2D eigenvalue weighted by molar-refractivity contribution is 6.35. The highest BCUT2D eigenvalue weighted by Gasteiger charge is 1.92. The molecule has 0 aromatic heterocycles. The minimum atomic E-state index is 0. The standard InChI is InChI=1S/2C5H11.Al.H2.H/c2*1-3-5-4-2;;;/h2*1,3-5H2,2H3;;1H;. The van der Waals surface area contributed by atoms with Gasteiger partial charge in [-0.2, -0.15) is 0 Å². The van der Waals surface area contributed by atoms with Crippen LogP contribution < -0.4 is 0 Å². The summed E-state index contributed by atoms with van der Waals surface area (Å²) in [5.41, 5.74) is 0. The first-order valence-corrected chi connectivity index (χ1v) is 7.41. The van der Waals surface area contributed by atoms with Gasteiger partial charge in [0, 0.05) is 1.43 Å². The fourth-order valence-corrected chi connectivity index (χ4v) is 3.15. The Kier molecular flexibility index (Phi) is 11.0. The molecule has 1 heteroatoms. The van der Waals surface area contributed by atoms with Crippen LogP contribution in [-0.2, 0) is 0 Å². The van der Waals surface area contributed by atoms with Crippen LogP contribution in [0, 0.1) is 0 Å². The molecule has 0 nitrogen and oxygen atoms in total. The second kappa shape index (κ2) is 10.5. The molecule has 0 heterocycles. The van der Waals surface area contributed by atoms with E-state index in [2.05, 4.69) is 13.8 Å². The van der Waals surface area contributed by atoms with Crippen LogP contribution in [-0.4, -0.2) is 15.2 Å². The van der Waals surface area contributed by atoms with Crippen molar-refractivity contribution in [1.29, 1.82) is 0 Å². The molecule has 0 unspecified atom stereocenters. The molecule has 68 valence electrons. The zero-order chi connectivity index (χ0) is 8.36. The minimum absolute atomic E-state index is 0. The third-order valence-corrected chi connectivity index (χ3v) is 4.21. The molecule has 0 N–H and O–H groups in total. The molecule has 0 aromatic rings. The summed E-state index contributed by atoms with van der Waals surface area (Å²) in [7, 11) is 0. The summed E-state index contributed by atoms with van der Waals surface area (Å²) in [6, 6.07) is 0. The Balaban J connectivity index is 0. The summed E-state index contributed by atoms with van der Waals surface area (Å²) in [4.78, 5) is 0. The molecule has 0 rings (SSSR count). The largest absolute Gasteiger partial charge is 0.236 e. The van der Waals surface area contributed by atoms with E-state index in [9.17, 15) is 0 Å². The second-order valence-corrected chi connectivity index (χ2v) is 5.60. The molecule has 0 aliphatic rings. The summed E-state index contributed by atoms with van der Waals surface area (Å²) < 4.78 is 0. The molecule has 0 amide bonds. The third-order valence-electron chi connectivity index (χ3n) is 2.21. The van der Waals surface area contributed by atoms with Gasteiger partial charge in [0.05, 0.1) is 0 Å². The molecular weight excluding hydrogens is 147 g/mol. The molecule has 0 radical (unpaired) electrons. The van der Waals surface area contributed by atoms with Gasteiger partial charge in [-0.15, -0.1) is 0 Å². The summed E-state index contributed by atoms with van der Waals surface area (Å²) in [6.07, 6.45) is 8.78. The maximum atomic E-state index is 2.29. The van der Waals surface area contributed by atoms with Gasteiger partial charge in [-0.1, -0.05) is 62.9 Å². The Morgan fingerprint density at radius 2 is 1.27 bits per heavy atom. The van der Waals surface area contributed by atoms with Gasteiger partial charge in [0.15, 0.2) is 0 Å². The monoisotopic (exact) mass is 172 g/mol. The number of hydrogen-bond donors (Lipinski definition) is 0. The first-order valence-electron chi connectivity index (χ1n) is 5.41. The minimum Gasteiger partial charge on any atom is -0.0972 e. The fourth-order valence-electron chi connectivity index (χ4n) is 1.38. The van der Waals surface area contributed by atoms with Gasteiger partial charge < -0.3 is 0 Å². The molecule has 0 saturated carbocycles. The Morgan fingerprint density at radius 3 is 1.64 bits per heavy atom. The highest BCUT2D eigenvalue weighted by Crippen LogP contribution is 2.04. The molecular formula is C10H25Al. The van der Waals surface area contributed by atoms with Gasteiger partial charge in [-0.25, -0.2) is 0 Å². The van der Waals surface area contributed by atoms with Crippen molar-refractivity contribution >= 4 is 15.2 Å². The first kappa shape index (κ1) is 11.5. The molecule has 0 fully saturated rings. The predicted octanol–water partition coefficient (Wildman–Crippen LogP) is 3.89. The highest BCUT2D eigenvalue weighted by atomic mass is 27.1. The van der Waals surface area contributed by atoms with Gasteiger partial charge in [-0.05, 0) is 0 Å². The van der Waals surface area contributed by atoms with E-state index in [0.29, 0.717) is 15.2 Å². The summed E-state index contributed by atoms with van der Waals surface area (Å²) in [5, 5.41) is 3.22. The quantitative estimate of drug-likeness (QED) is 0.385. The maximum absolute atomic E-state index is 2.29. The van der Waals surface area contributed by atoms with E-state index in [1.165, 1.54) is 38.5 Å². The lowest BCUT2D eigenvalue weighted by molar-refractivity contribution is 0.752. The van der Waals surface area contributed by atoms with E-state index in [0.717, 1.165) is 0 Å². The van der Waals surface area contributed by atoms with Crippen molar-refractivity contribution in [2.24, 2.45) is 0 Å². The van der Waals surface area contributed by atoms with E-state index in [4.69, 9.17) is 0 Å². The SMILES string of the molecule is CCCC[CH2][AlH][CH2]CCCC.[HH]. The average Bonchev–Trinajstić information content (AvgIpc) is 2.03. The Labute approximate surface area is 80.0 Å². The van der Waals surface area contributed by atoms with Crippen molar-refractivity contribution in [3.05, 3.63) is 0 Å². The molecule has 11 heavy (non-hydrogen) atoms. The van der Waals surface area contributed by atoms with Gasteiger partial charge in [0.1, 0.15) is 0 Å². The van der Waals surface area contributed by atoms with E-state index in [1.54, 1.807) is 10.6 Å². The van der Waals surface area contributed by atoms with E-state index >= 15 is 0 Å². The van der Waals surface area contributed by atoms with Gasteiger partial charge in [0.25, 0.3) is 0 Å². The van der Waals surface area contributed by atoms with E-state index in [-0.39, 0.29) is 1.43 Å². The van der Waals surface area contributed by atoms with Gasteiger partial charge >= 0.3 is 0 Å². The maximum Gasteiger partial charge on any atom is 0.236 e. The summed E-state index contributed by atoms with van der Waals surface area (Å²) >= 11 is 0.371. The van der Waals surface area contributed by atoms with Crippen molar-refractivity contribution in [2.75, 3.05) is 0 Å². The lowest BCUT2D eigenvalue weighted by atomic mass is 10.3. The number of hydrogen-bond acceptors (Lipinski definition) is 0. The molecule has 0 bridgehead atoms. The number of rotatable bonds is 8. The fraction of sp³-hybridized carbons (Fsp3) is 1.00. The smallest absolute Gasteiger partial charge is 0.0972 e. The van der Waals surface area contributed by atoms with Crippen LogP contribution in [0.2, 0.25) is 10.6 Å². The van der Waals surface area contributed by atoms with Crippen LogP contribution in [0.25, 0.3) is 0 Å². The normalized spacial score (nSPS) is 10.0.